The second-order valence-electron chi connectivity index (χ2n) is 6.41. The van der Waals surface area contributed by atoms with E-state index in [1.165, 1.54) is 22.9 Å². The Labute approximate surface area is 173 Å². The summed E-state index contributed by atoms with van der Waals surface area (Å²) in [6.07, 6.45) is 1.65. The summed E-state index contributed by atoms with van der Waals surface area (Å²) >= 11 is 1.33. The number of aromatic nitrogens is 3. The number of ether oxygens (including phenoxy) is 1. The smallest absolute Gasteiger partial charge is 0.230 e. The lowest BCUT2D eigenvalue weighted by atomic mass is 10.1. The molecular weight excluding hydrogens is 386 g/mol. The van der Waals surface area contributed by atoms with Crippen LogP contribution in [-0.4, -0.2) is 33.0 Å². The Morgan fingerprint density at radius 1 is 1.24 bits per heavy atom. The molecule has 1 aromatic heterocycles. The van der Waals surface area contributed by atoms with Gasteiger partial charge in [-0.1, -0.05) is 30.0 Å². The highest BCUT2D eigenvalue weighted by Gasteiger charge is 2.11. The van der Waals surface area contributed by atoms with Crippen molar-refractivity contribution >= 4 is 17.7 Å². The molecule has 0 radical (unpaired) electrons. The zero-order valence-corrected chi connectivity index (χ0v) is 17.1. The van der Waals surface area contributed by atoms with Crippen LogP contribution in [0.25, 0.3) is 5.69 Å². The Bertz CT molecular complexity index is 1040. The summed E-state index contributed by atoms with van der Waals surface area (Å²) in [5.74, 6) is 0.732. The molecule has 0 spiro atoms. The number of thioether (sulfide) groups is 1. The lowest BCUT2D eigenvalue weighted by Gasteiger charge is -2.09. The van der Waals surface area contributed by atoms with E-state index in [-0.39, 0.29) is 18.3 Å². The van der Waals surface area contributed by atoms with Gasteiger partial charge in [-0.25, -0.2) is 0 Å². The van der Waals surface area contributed by atoms with E-state index < -0.39 is 0 Å². The third kappa shape index (κ3) is 5.59. The van der Waals surface area contributed by atoms with Crippen LogP contribution in [0.3, 0.4) is 0 Å². The molecule has 3 aromatic rings. The SMILES string of the molecule is Cc1ccc(-n2cnnc2SCC(=O)NCc2cccc(OCC#N)c2)cc1C. The van der Waals surface area contributed by atoms with Gasteiger partial charge < -0.3 is 10.1 Å². The molecule has 0 saturated carbocycles. The fraction of sp³-hybridized carbons (Fsp3) is 0.238. The van der Waals surface area contributed by atoms with Crippen molar-refractivity contribution in [2.24, 2.45) is 0 Å². The quantitative estimate of drug-likeness (QED) is 0.577. The minimum absolute atomic E-state index is 0.00631. The number of nitriles is 1. The molecule has 0 bridgehead atoms. The number of hydrogen-bond donors (Lipinski definition) is 1. The number of amides is 1. The zero-order valence-electron chi connectivity index (χ0n) is 16.3. The largest absolute Gasteiger partial charge is 0.479 e. The van der Waals surface area contributed by atoms with Crippen molar-refractivity contribution in [2.45, 2.75) is 25.5 Å². The summed E-state index contributed by atoms with van der Waals surface area (Å²) in [4.78, 5) is 12.3. The molecule has 7 nitrogen and oxygen atoms in total. The van der Waals surface area contributed by atoms with E-state index in [9.17, 15) is 4.79 Å². The van der Waals surface area contributed by atoms with Crippen LogP contribution in [0.1, 0.15) is 16.7 Å². The molecule has 1 heterocycles. The topological polar surface area (TPSA) is 92.8 Å². The molecular formula is C21H21N5O2S. The van der Waals surface area contributed by atoms with Gasteiger partial charge in [-0.3, -0.25) is 9.36 Å². The van der Waals surface area contributed by atoms with Gasteiger partial charge in [0.2, 0.25) is 5.91 Å². The highest BCUT2D eigenvalue weighted by Crippen LogP contribution is 2.21. The molecule has 8 heteroatoms. The summed E-state index contributed by atoms with van der Waals surface area (Å²) < 4.78 is 7.15. The maximum atomic E-state index is 12.3. The van der Waals surface area contributed by atoms with Gasteiger partial charge in [-0.05, 0) is 54.8 Å². The first-order valence-corrected chi connectivity index (χ1v) is 10.0. The van der Waals surface area contributed by atoms with Crippen LogP contribution in [0, 0.1) is 25.2 Å². The second-order valence-corrected chi connectivity index (χ2v) is 7.35. The standard InChI is InChI=1S/C21H21N5O2S/c1-15-6-7-18(10-16(15)2)26-14-24-25-21(26)29-13-20(27)23-12-17-4-3-5-19(11-17)28-9-8-22/h3-7,10-11,14H,9,12-13H2,1-2H3,(H,23,27). The Hall–Kier alpha value is -3.31. The van der Waals surface area contributed by atoms with E-state index in [1.54, 1.807) is 18.5 Å². The Morgan fingerprint density at radius 2 is 2.10 bits per heavy atom. The summed E-state index contributed by atoms with van der Waals surface area (Å²) in [6, 6.07) is 15.4. The molecule has 1 amide bonds. The maximum absolute atomic E-state index is 12.3. The predicted molar refractivity (Wildman–Crippen MR) is 111 cm³/mol. The van der Waals surface area contributed by atoms with Gasteiger partial charge in [0, 0.05) is 12.2 Å². The molecule has 0 saturated heterocycles. The number of nitrogens with zero attached hydrogens (tertiary/aromatic N) is 4. The van der Waals surface area contributed by atoms with E-state index >= 15 is 0 Å². The van der Waals surface area contributed by atoms with E-state index in [2.05, 4.69) is 41.5 Å². The molecule has 0 aliphatic carbocycles. The average Bonchev–Trinajstić information content (AvgIpc) is 3.20. The lowest BCUT2D eigenvalue weighted by molar-refractivity contribution is -0.118. The number of carbonyl (C=O) groups excluding carboxylic acids is 1. The molecule has 148 valence electrons. The number of aryl methyl sites for hydroxylation is 2. The fourth-order valence-electron chi connectivity index (χ4n) is 2.62. The molecule has 0 fully saturated rings. The molecule has 0 atom stereocenters. The highest BCUT2D eigenvalue weighted by molar-refractivity contribution is 7.99. The van der Waals surface area contributed by atoms with Crippen molar-refractivity contribution in [3.05, 3.63) is 65.5 Å². The molecule has 2 aromatic carbocycles. The van der Waals surface area contributed by atoms with E-state index in [0.717, 1.165) is 11.3 Å². The van der Waals surface area contributed by atoms with Crippen molar-refractivity contribution in [3.8, 4) is 17.5 Å². The van der Waals surface area contributed by atoms with Crippen molar-refractivity contribution < 1.29 is 9.53 Å². The first kappa shape index (κ1) is 20.4. The van der Waals surface area contributed by atoms with Crippen LogP contribution in [0.2, 0.25) is 0 Å². The Morgan fingerprint density at radius 3 is 2.90 bits per heavy atom. The van der Waals surface area contributed by atoms with Gasteiger partial charge in [0.1, 0.15) is 18.1 Å². The number of hydrogen-bond acceptors (Lipinski definition) is 6. The van der Waals surface area contributed by atoms with Gasteiger partial charge in [0.15, 0.2) is 11.8 Å². The van der Waals surface area contributed by atoms with Gasteiger partial charge in [-0.15, -0.1) is 10.2 Å². The van der Waals surface area contributed by atoms with E-state index in [1.807, 2.05) is 28.8 Å². The molecule has 0 aliphatic heterocycles. The molecule has 29 heavy (non-hydrogen) atoms. The minimum Gasteiger partial charge on any atom is -0.479 e. The number of benzene rings is 2. The molecule has 0 aliphatic rings. The van der Waals surface area contributed by atoms with Gasteiger partial charge in [0.05, 0.1) is 5.75 Å². The third-order valence-electron chi connectivity index (χ3n) is 4.31. The van der Waals surface area contributed by atoms with Crippen LogP contribution < -0.4 is 10.1 Å². The zero-order chi connectivity index (χ0) is 20.6. The van der Waals surface area contributed by atoms with Gasteiger partial charge in [-0.2, -0.15) is 5.26 Å². The van der Waals surface area contributed by atoms with Crippen molar-refractivity contribution in [3.63, 3.8) is 0 Å². The van der Waals surface area contributed by atoms with Gasteiger partial charge >= 0.3 is 0 Å². The van der Waals surface area contributed by atoms with Crippen LogP contribution in [0.4, 0.5) is 0 Å². The highest BCUT2D eigenvalue weighted by atomic mass is 32.2. The normalized spacial score (nSPS) is 10.4. The van der Waals surface area contributed by atoms with Crippen LogP contribution in [0.15, 0.2) is 53.9 Å². The Kier molecular flexibility index (Phi) is 6.87. The van der Waals surface area contributed by atoms with Crippen LogP contribution >= 0.6 is 11.8 Å². The first-order chi connectivity index (χ1) is 14.1. The van der Waals surface area contributed by atoms with Crippen molar-refractivity contribution in [1.29, 1.82) is 5.26 Å². The predicted octanol–water partition coefficient (Wildman–Crippen LogP) is 3.20. The molecule has 3 rings (SSSR count). The number of carbonyl (C=O) groups is 1. The lowest BCUT2D eigenvalue weighted by Crippen LogP contribution is -2.24. The monoisotopic (exact) mass is 407 g/mol. The first-order valence-electron chi connectivity index (χ1n) is 9.02. The minimum atomic E-state index is -0.104. The summed E-state index contributed by atoms with van der Waals surface area (Å²) in [5.41, 5.74) is 4.27. The maximum Gasteiger partial charge on any atom is 0.230 e. The molecule has 1 N–H and O–H groups in total. The van der Waals surface area contributed by atoms with E-state index in [4.69, 9.17) is 10.00 Å². The Balaban J connectivity index is 1.55. The van der Waals surface area contributed by atoms with Crippen LogP contribution in [0.5, 0.6) is 5.75 Å². The van der Waals surface area contributed by atoms with Crippen molar-refractivity contribution in [1.82, 2.24) is 20.1 Å². The average molecular weight is 407 g/mol. The third-order valence-corrected chi connectivity index (χ3v) is 5.25. The summed E-state index contributed by atoms with van der Waals surface area (Å²) in [6.45, 7) is 4.50. The van der Waals surface area contributed by atoms with Crippen LogP contribution in [-0.2, 0) is 11.3 Å². The summed E-state index contributed by atoms with van der Waals surface area (Å²) in [5, 5.41) is 20.2. The van der Waals surface area contributed by atoms with Gasteiger partial charge in [0.25, 0.3) is 0 Å². The van der Waals surface area contributed by atoms with Crippen molar-refractivity contribution in [2.75, 3.05) is 12.4 Å². The fourth-order valence-corrected chi connectivity index (χ4v) is 3.38. The molecule has 0 unspecified atom stereocenters. The number of nitrogens with one attached hydrogen (secondary N) is 1. The van der Waals surface area contributed by atoms with E-state index in [0.29, 0.717) is 17.5 Å². The summed E-state index contributed by atoms with van der Waals surface area (Å²) in [7, 11) is 0. The second kappa shape index (κ2) is 9.75. The number of rotatable bonds is 8.